The molecule has 0 saturated carbocycles. The minimum absolute atomic E-state index is 0.0250. The number of benzene rings is 2. The van der Waals surface area contributed by atoms with Crippen LogP contribution in [0.3, 0.4) is 0 Å². The summed E-state index contributed by atoms with van der Waals surface area (Å²) in [4.78, 5) is 14.4. The average molecular weight is 432 g/mol. The van der Waals surface area contributed by atoms with Gasteiger partial charge in [0.1, 0.15) is 6.61 Å². The van der Waals surface area contributed by atoms with Crippen LogP contribution in [-0.2, 0) is 19.6 Å². The van der Waals surface area contributed by atoms with Crippen molar-refractivity contribution in [2.45, 2.75) is 24.8 Å². The molecule has 2 aliphatic rings. The highest BCUT2D eigenvalue weighted by Gasteiger charge is 2.32. The number of nitrogens with one attached hydrogen (secondary N) is 1. The molecule has 2 aliphatic heterocycles. The van der Waals surface area contributed by atoms with E-state index < -0.39 is 16.1 Å². The molecule has 1 atom stereocenters. The Kier molecular flexibility index (Phi) is 5.57. The molecule has 1 saturated heterocycles. The zero-order valence-electron chi connectivity index (χ0n) is 16.9. The van der Waals surface area contributed by atoms with Gasteiger partial charge in [-0.15, -0.1) is 0 Å². The smallest absolute Gasteiger partial charge is 0.267 e. The number of anilines is 1. The van der Waals surface area contributed by atoms with Crippen molar-refractivity contribution in [1.29, 1.82) is 0 Å². The minimum atomic E-state index is -3.80. The highest BCUT2D eigenvalue weighted by Crippen LogP contribution is 2.34. The topological polar surface area (TPSA) is 94.2 Å². The lowest BCUT2D eigenvalue weighted by Crippen LogP contribution is -2.50. The number of morpholine rings is 1. The predicted molar refractivity (Wildman–Crippen MR) is 110 cm³/mol. The molecule has 0 aliphatic carbocycles. The zero-order valence-corrected chi connectivity index (χ0v) is 17.7. The van der Waals surface area contributed by atoms with Crippen LogP contribution in [0.25, 0.3) is 0 Å². The highest BCUT2D eigenvalue weighted by molar-refractivity contribution is 7.92. The summed E-state index contributed by atoms with van der Waals surface area (Å²) in [5, 5.41) is 0. The van der Waals surface area contributed by atoms with Crippen molar-refractivity contribution in [3.63, 3.8) is 0 Å². The van der Waals surface area contributed by atoms with E-state index in [1.807, 2.05) is 19.9 Å². The first-order chi connectivity index (χ1) is 14.3. The van der Waals surface area contributed by atoms with Gasteiger partial charge in [-0.25, -0.2) is 8.42 Å². The third-order valence-corrected chi connectivity index (χ3v) is 6.34. The molecule has 1 N–H and O–H groups in total. The lowest BCUT2D eigenvalue weighted by Gasteiger charge is -2.32. The standard InChI is InChI=1S/C21H24N2O6S/c1-14-9-15(2)11-16(10-14)22-30(25,26)17-3-4-18-19(12-17)28-13-20(29-18)21(24)23-5-7-27-8-6-23/h3-4,9-12,20,22H,5-8,13H2,1-2H3/t20-/m0/s1. The molecule has 0 unspecified atom stereocenters. The molecule has 8 nitrogen and oxygen atoms in total. The number of amides is 1. The molecule has 2 aromatic rings. The van der Waals surface area contributed by atoms with Crippen LogP contribution in [0.15, 0.2) is 41.3 Å². The molecule has 9 heteroatoms. The van der Waals surface area contributed by atoms with Crippen molar-refractivity contribution in [3.8, 4) is 11.5 Å². The highest BCUT2D eigenvalue weighted by atomic mass is 32.2. The number of sulfonamides is 1. The first kappa shape index (κ1) is 20.5. The maximum Gasteiger partial charge on any atom is 0.267 e. The van der Waals surface area contributed by atoms with Gasteiger partial charge < -0.3 is 19.1 Å². The van der Waals surface area contributed by atoms with Gasteiger partial charge in [0.05, 0.1) is 18.1 Å². The SMILES string of the molecule is Cc1cc(C)cc(NS(=O)(=O)c2ccc3c(c2)OC[C@@H](C(=O)N2CCOCC2)O3)c1. The Balaban J connectivity index is 1.50. The number of aryl methyl sites for hydroxylation is 2. The first-order valence-corrected chi connectivity index (χ1v) is 11.2. The zero-order chi connectivity index (χ0) is 21.3. The third kappa shape index (κ3) is 4.36. The molecule has 4 rings (SSSR count). The van der Waals surface area contributed by atoms with Crippen molar-refractivity contribution in [2.75, 3.05) is 37.6 Å². The number of rotatable bonds is 4. The Morgan fingerprint density at radius 3 is 2.43 bits per heavy atom. The molecule has 1 amide bonds. The Hall–Kier alpha value is -2.78. The summed E-state index contributed by atoms with van der Waals surface area (Å²) in [6, 6.07) is 9.87. The van der Waals surface area contributed by atoms with Crippen LogP contribution in [0, 0.1) is 13.8 Å². The van der Waals surface area contributed by atoms with Gasteiger partial charge >= 0.3 is 0 Å². The van der Waals surface area contributed by atoms with E-state index in [-0.39, 0.29) is 17.4 Å². The average Bonchev–Trinajstić information content (AvgIpc) is 2.72. The van der Waals surface area contributed by atoms with Crippen LogP contribution in [0.5, 0.6) is 11.5 Å². The quantitative estimate of drug-likeness (QED) is 0.795. The van der Waals surface area contributed by atoms with E-state index in [9.17, 15) is 13.2 Å². The maximum absolute atomic E-state index is 12.8. The first-order valence-electron chi connectivity index (χ1n) is 9.73. The van der Waals surface area contributed by atoms with Crippen molar-refractivity contribution >= 4 is 21.6 Å². The van der Waals surface area contributed by atoms with Gasteiger partial charge in [-0.3, -0.25) is 9.52 Å². The fourth-order valence-electron chi connectivity index (χ4n) is 3.58. The fraction of sp³-hybridized carbons (Fsp3) is 0.381. The van der Waals surface area contributed by atoms with Gasteiger partial charge in [-0.2, -0.15) is 0 Å². The van der Waals surface area contributed by atoms with Crippen LogP contribution >= 0.6 is 0 Å². The normalized spacial score (nSPS) is 18.7. The maximum atomic E-state index is 12.8. The molecule has 30 heavy (non-hydrogen) atoms. The molecule has 0 spiro atoms. The number of hydrogen-bond donors (Lipinski definition) is 1. The second-order valence-electron chi connectivity index (χ2n) is 7.45. The van der Waals surface area contributed by atoms with Gasteiger partial charge in [-0.1, -0.05) is 6.07 Å². The fourth-order valence-corrected chi connectivity index (χ4v) is 4.63. The largest absolute Gasteiger partial charge is 0.485 e. The summed E-state index contributed by atoms with van der Waals surface area (Å²) in [7, 11) is -3.80. The van der Waals surface area contributed by atoms with Gasteiger partial charge in [0, 0.05) is 24.8 Å². The van der Waals surface area contributed by atoms with Crippen LogP contribution in [0.2, 0.25) is 0 Å². The Morgan fingerprint density at radius 2 is 1.73 bits per heavy atom. The van der Waals surface area contributed by atoms with Gasteiger partial charge in [-0.05, 0) is 49.2 Å². The van der Waals surface area contributed by atoms with E-state index in [1.54, 1.807) is 17.0 Å². The van der Waals surface area contributed by atoms with Crippen LogP contribution in [-0.4, -0.2) is 58.2 Å². The van der Waals surface area contributed by atoms with Crippen LogP contribution in [0.1, 0.15) is 11.1 Å². The van der Waals surface area contributed by atoms with Crippen molar-refractivity contribution in [2.24, 2.45) is 0 Å². The molecule has 160 valence electrons. The number of fused-ring (bicyclic) bond motifs is 1. The van der Waals surface area contributed by atoms with Crippen molar-refractivity contribution in [1.82, 2.24) is 4.90 Å². The van der Waals surface area contributed by atoms with E-state index in [2.05, 4.69) is 4.72 Å². The Morgan fingerprint density at radius 1 is 1.03 bits per heavy atom. The number of carbonyl (C=O) groups excluding carboxylic acids is 1. The number of carbonyl (C=O) groups is 1. The van der Waals surface area contributed by atoms with Gasteiger partial charge in [0.2, 0.25) is 6.10 Å². The van der Waals surface area contributed by atoms with E-state index in [1.165, 1.54) is 18.2 Å². The Bertz CT molecular complexity index is 1040. The van der Waals surface area contributed by atoms with Crippen LogP contribution in [0.4, 0.5) is 5.69 Å². The van der Waals surface area contributed by atoms with E-state index in [0.717, 1.165) is 11.1 Å². The van der Waals surface area contributed by atoms with Gasteiger partial charge in [0.15, 0.2) is 11.5 Å². The van der Waals surface area contributed by atoms with Crippen molar-refractivity contribution in [3.05, 3.63) is 47.5 Å². The molecule has 0 radical (unpaired) electrons. The number of nitrogens with zero attached hydrogens (tertiary/aromatic N) is 1. The molecule has 0 aromatic heterocycles. The summed E-state index contributed by atoms with van der Waals surface area (Å²) in [5.74, 6) is 0.486. The lowest BCUT2D eigenvalue weighted by atomic mass is 10.1. The number of ether oxygens (including phenoxy) is 3. The summed E-state index contributed by atoms with van der Waals surface area (Å²) in [6.45, 7) is 5.89. The summed E-state index contributed by atoms with van der Waals surface area (Å²) in [6.07, 6.45) is -0.758. The second kappa shape index (κ2) is 8.16. The third-order valence-electron chi connectivity index (χ3n) is 4.96. The lowest BCUT2D eigenvalue weighted by molar-refractivity contribution is -0.145. The van der Waals surface area contributed by atoms with E-state index >= 15 is 0 Å². The molecular formula is C21H24N2O6S. The molecule has 2 aromatic carbocycles. The monoisotopic (exact) mass is 432 g/mol. The summed E-state index contributed by atoms with van der Waals surface area (Å²) < 4.78 is 44.9. The summed E-state index contributed by atoms with van der Waals surface area (Å²) in [5.41, 5.74) is 2.43. The minimum Gasteiger partial charge on any atom is -0.485 e. The molecule has 2 heterocycles. The van der Waals surface area contributed by atoms with Crippen molar-refractivity contribution < 1.29 is 27.4 Å². The van der Waals surface area contributed by atoms with E-state index in [4.69, 9.17) is 14.2 Å². The second-order valence-corrected chi connectivity index (χ2v) is 9.13. The molecule has 1 fully saturated rings. The van der Waals surface area contributed by atoms with Crippen LogP contribution < -0.4 is 14.2 Å². The Labute approximate surface area is 175 Å². The molecule has 0 bridgehead atoms. The van der Waals surface area contributed by atoms with E-state index in [0.29, 0.717) is 43.5 Å². The molecular weight excluding hydrogens is 408 g/mol. The number of hydrogen-bond acceptors (Lipinski definition) is 6. The summed E-state index contributed by atoms with van der Waals surface area (Å²) >= 11 is 0. The van der Waals surface area contributed by atoms with Gasteiger partial charge in [0.25, 0.3) is 15.9 Å². The predicted octanol–water partition coefficient (Wildman–Crippen LogP) is 2.10.